The number of nitrogens with zero attached hydrogens (tertiary/aromatic N) is 1. The number of sulfone groups is 1. The van der Waals surface area contributed by atoms with Gasteiger partial charge in [0.05, 0.1) is 39.9 Å². The van der Waals surface area contributed by atoms with E-state index in [1.54, 1.807) is 28.4 Å². The fourth-order valence-corrected chi connectivity index (χ4v) is 5.74. The maximum atomic E-state index is 12.2. The molecule has 0 spiro atoms. The first-order valence-electron chi connectivity index (χ1n) is 10.0. The van der Waals surface area contributed by atoms with E-state index in [2.05, 4.69) is 5.32 Å². The maximum Gasteiger partial charge on any atom is 0.203 e. The first-order valence-corrected chi connectivity index (χ1v) is 12.2. The molecule has 1 atom stereocenters. The molecule has 2 aromatic carbocycles. The van der Waals surface area contributed by atoms with Gasteiger partial charge in [0.15, 0.2) is 26.4 Å². The Morgan fingerprint density at radius 2 is 1.66 bits per heavy atom. The first kappa shape index (κ1) is 23.9. The average Bonchev–Trinajstić information content (AvgIpc) is 3.16. The minimum absolute atomic E-state index is 0.0574. The second-order valence-corrected chi connectivity index (χ2v) is 9.99. The lowest BCUT2D eigenvalue weighted by Gasteiger charge is -2.31. The van der Waals surface area contributed by atoms with E-state index in [1.165, 1.54) is 0 Å². The van der Waals surface area contributed by atoms with Gasteiger partial charge in [-0.2, -0.15) is 0 Å². The molecule has 3 rings (SSSR count). The summed E-state index contributed by atoms with van der Waals surface area (Å²) in [5.74, 6) is 2.48. The van der Waals surface area contributed by atoms with E-state index in [1.807, 2.05) is 41.3 Å². The molecule has 1 unspecified atom stereocenters. The monoisotopic (exact) mass is 480 g/mol. The molecule has 8 nitrogen and oxygen atoms in total. The third kappa shape index (κ3) is 5.55. The Labute approximate surface area is 194 Å². The second-order valence-electron chi connectivity index (χ2n) is 7.38. The third-order valence-electron chi connectivity index (χ3n) is 5.33. The molecule has 1 aliphatic heterocycles. The zero-order chi connectivity index (χ0) is 23.3. The van der Waals surface area contributed by atoms with Gasteiger partial charge in [-0.15, -0.1) is 0 Å². The zero-order valence-electron chi connectivity index (χ0n) is 18.6. The van der Waals surface area contributed by atoms with Crippen LogP contribution in [0.2, 0.25) is 0 Å². The van der Waals surface area contributed by atoms with Crippen LogP contribution in [-0.2, 0) is 16.4 Å². The number of nitrogens with one attached hydrogen (secondary N) is 1. The van der Waals surface area contributed by atoms with Crippen LogP contribution in [0.15, 0.2) is 36.4 Å². The van der Waals surface area contributed by atoms with Crippen LogP contribution in [0.5, 0.6) is 23.0 Å². The van der Waals surface area contributed by atoms with Crippen molar-refractivity contribution >= 4 is 32.9 Å². The molecule has 1 fully saturated rings. The summed E-state index contributed by atoms with van der Waals surface area (Å²) in [6, 6.07) is 10.8. The summed E-state index contributed by atoms with van der Waals surface area (Å²) in [5.41, 5.74) is 1.63. The van der Waals surface area contributed by atoms with Gasteiger partial charge in [-0.25, -0.2) is 8.42 Å². The Morgan fingerprint density at radius 1 is 1.03 bits per heavy atom. The van der Waals surface area contributed by atoms with Crippen molar-refractivity contribution in [2.24, 2.45) is 0 Å². The quantitative estimate of drug-likeness (QED) is 0.573. The number of hydrogen-bond donors (Lipinski definition) is 1. The number of hydrogen-bond acceptors (Lipinski definition) is 7. The molecule has 0 radical (unpaired) electrons. The lowest BCUT2D eigenvalue weighted by Crippen LogP contribution is -2.43. The molecule has 0 aromatic heterocycles. The van der Waals surface area contributed by atoms with Gasteiger partial charge in [0, 0.05) is 18.3 Å². The molecule has 174 valence electrons. The van der Waals surface area contributed by atoms with E-state index < -0.39 is 9.84 Å². The molecule has 1 N–H and O–H groups in total. The summed E-state index contributed by atoms with van der Waals surface area (Å²) in [6.45, 7) is 0.374. The van der Waals surface area contributed by atoms with E-state index in [-0.39, 0.29) is 17.5 Å². The van der Waals surface area contributed by atoms with E-state index >= 15 is 0 Å². The highest BCUT2D eigenvalue weighted by molar-refractivity contribution is 7.91. The summed E-state index contributed by atoms with van der Waals surface area (Å²) < 4.78 is 45.9. The average molecular weight is 481 g/mol. The van der Waals surface area contributed by atoms with Gasteiger partial charge >= 0.3 is 0 Å². The van der Waals surface area contributed by atoms with Gasteiger partial charge in [-0.05, 0) is 60.6 Å². The van der Waals surface area contributed by atoms with Crippen LogP contribution in [0.25, 0.3) is 0 Å². The molecule has 1 aliphatic rings. The van der Waals surface area contributed by atoms with E-state index in [4.69, 9.17) is 31.2 Å². The second kappa shape index (κ2) is 10.3. The van der Waals surface area contributed by atoms with Crippen molar-refractivity contribution in [3.8, 4) is 23.0 Å². The van der Waals surface area contributed by atoms with Crippen molar-refractivity contribution in [2.45, 2.75) is 19.0 Å². The molecular formula is C22H28N2O6S2. The van der Waals surface area contributed by atoms with Gasteiger partial charge < -0.3 is 29.2 Å². The highest BCUT2D eigenvalue weighted by Gasteiger charge is 2.34. The number of methoxy groups -OCH3 is 4. The van der Waals surface area contributed by atoms with E-state index in [9.17, 15) is 8.42 Å². The highest BCUT2D eigenvalue weighted by atomic mass is 32.2. The van der Waals surface area contributed by atoms with Crippen molar-refractivity contribution in [2.75, 3.05) is 45.3 Å². The van der Waals surface area contributed by atoms with Crippen molar-refractivity contribution in [1.82, 2.24) is 4.90 Å². The van der Waals surface area contributed by atoms with Crippen LogP contribution in [0, 0.1) is 0 Å². The van der Waals surface area contributed by atoms with Crippen LogP contribution in [0.3, 0.4) is 0 Å². The fourth-order valence-electron chi connectivity index (χ4n) is 3.68. The lowest BCUT2D eigenvalue weighted by molar-refractivity contribution is 0.315. The molecular weight excluding hydrogens is 452 g/mol. The number of rotatable bonds is 8. The molecule has 0 bridgehead atoms. The Bertz CT molecular complexity index is 1030. The van der Waals surface area contributed by atoms with E-state index in [0.717, 1.165) is 17.0 Å². The van der Waals surface area contributed by atoms with Gasteiger partial charge in [0.1, 0.15) is 5.75 Å². The molecule has 0 saturated carbocycles. The number of thiocarbonyl (C=S) groups is 1. The van der Waals surface area contributed by atoms with Crippen molar-refractivity contribution < 1.29 is 27.4 Å². The minimum Gasteiger partial charge on any atom is -0.497 e. The van der Waals surface area contributed by atoms with Gasteiger partial charge in [0.2, 0.25) is 5.75 Å². The van der Waals surface area contributed by atoms with E-state index in [0.29, 0.717) is 35.3 Å². The summed E-state index contributed by atoms with van der Waals surface area (Å²) in [4.78, 5) is 1.91. The summed E-state index contributed by atoms with van der Waals surface area (Å²) in [7, 11) is 3.16. The highest BCUT2D eigenvalue weighted by Crippen LogP contribution is 2.38. The SMILES string of the molecule is COc1ccc(NC(=S)N(Cc2cc(OC)c(OC)c(OC)c2)C2CCS(=O)(=O)C2)cc1. The van der Waals surface area contributed by atoms with Gasteiger partial charge in [0.25, 0.3) is 0 Å². The summed E-state index contributed by atoms with van der Waals surface area (Å²) >= 11 is 5.70. The van der Waals surface area contributed by atoms with Gasteiger partial charge in [-0.3, -0.25) is 0 Å². The van der Waals surface area contributed by atoms with Crippen LogP contribution in [-0.4, -0.2) is 64.4 Å². The standard InChI is InChI=1S/C22H28N2O6S2/c1-27-18-7-5-16(6-8-18)23-22(31)24(17-9-10-32(25,26)14-17)13-15-11-19(28-2)21(30-4)20(12-15)29-3/h5-8,11-12,17H,9-10,13-14H2,1-4H3,(H,23,31). The molecule has 0 amide bonds. The third-order valence-corrected chi connectivity index (χ3v) is 7.42. The van der Waals surface area contributed by atoms with Crippen LogP contribution in [0.4, 0.5) is 5.69 Å². The van der Waals surface area contributed by atoms with Crippen molar-refractivity contribution in [1.29, 1.82) is 0 Å². The number of anilines is 1. The summed E-state index contributed by atoms with van der Waals surface area (Å²) in [6.07, 6.45) is 0.511. The zero-order valence-corrected chi connectivity index (χ0v) is 20.2. The van der Waals surface area contributed by atoms with Crippen LogP contribution in [0.1, 0.15) is 12.0 Å². The Balaban J connectivity index is 1.90. The minimum atomic E-state index is -3.10. The molecule has 2 aromatic rings. The molecule has 32 heavy (non-hydrogen) atoms. The molecule has 1 saturated heterocycles. The lowest BCUT2D eigenvalue weighted by atomic mass is 10.1. The van der Waals surface area contributed by atoms with Crippen LogP contribution >= 0.6 is 12.2 Å². The van der Waals surface area contributed by atoms with Crippen LogP contribution < -0.4 is 24.3 Å². The van der Waals surface area contributed by atoms with Crippen molar-refractivity contribution in [3.05, 3.63) is 42.0 Å². The fraction of sp³-hybridized carbons (Fsp3) is 0.409. The first-order chi connectivity index (χ1) is 15.3. The van der Waals surface area contributed by atoms with Gasteiger partial charge in [-0.1, -0.05) is 0 Å². The maximum absolute atomic E-state index is 12.2. The Kier molecular flexibility index (Phi) is 7.68. The smallest absolute Gasteiger partial charge is 0.203 e. The molecule has 1 heterocycles. The summed E-state index contributed by atoms with van der Waals surface area (Å²) in [5, 5.41) is 3.65. The predicted molar refractivity (Wildman–Crippen MR) is 128 cm³/mol. The normalized spacial score (nSPS) is 16.8. The topological polar surface area (TPSA) is 86.3 Å². The number of ether oxygens (including phenoxy) is 4. The Morgan fingerprint density at radius 3 is 2.12 bits per heavy atom. The van der Waals surface area contributed by atoms with Crippen molar-refractivity contribution in [3.63, 3.8) is 0 Å². The molecule has 10 heteroatoms. The Hall–Kier alpha value is -2.72. The number of benzene rings is 2. The largest absolute Gasteiger partial charge is 0.497 e. The molecule has 0 aliphatic carbocycles. The predicted octanol–water partition coefficient (Wildman–Crippen LogP) is 3.11.